The average molecular weight is 402 g/mol. The van der Waals surface area contributed by atoms with Crippen LogP contribution >= 0.6 is 0 Å². The van der Waals surface area contributed by atoms with Gasteiger partial charge in [-0.25, -0.2) is 5.01 Å². The van der Waals surface area contributed by atoms with E-state index in [1.807, 2.05) is 59.6 Å². The van der Waals surface area contributed by atoms with Crippen molar-refractivity contribution in [2.75, 3.05) is 14.2 Å². The maximum Gasteiger partial charge on any atom is 0.214 e. The van der Waals surface area contributed by atoms with Gasteiger partial charge in [-0.1, -0.05) is 30.3 Å². The number of phenolic OH excluding ortho intramolecular Hbond substituents is 1. The van der Waals surface area contributed by atoms with Crippen molar-refractivity contribution in [3.05, 3.63) is 83.4 Å². The highest BCUT2D eigenvalue weighted by Crippen LogP contribution is 2.48. The van der Waals surface area contributed by atoms with E-state index in [4.69, 9.17) is 19.3 Å². The van der Waals surface area contributed by atoms with E-state index in [0.717, 1.165) is 28.2 Å². The Morgan fingerprint density at radius 3 is 2.53 bits per heavy atom. The van der Waals surface area contributed by atoms with Gasteiger partial charge in [0.1, 0.15) is 11.5 Å². The van der Waals surface area contributed by atoms with Gasteiger partial charge in [0.05, 0.1) is 26.0 Å². The van der Waals surface area contributed by atoms with Crippen LogP contribution in [0.4, 0.5) is 0 Å². The summed E-state index contributed by atoms with van der Waals surface area (Å²) in [7, 11) is 3.23. The Morgan fingerprint density at radius 1 is 0.967 bits per heavy atom. The number of para-hydroxylation sites is 2. The summed E-state index contributed by atoms with van der Waals surface area (Å²) in [6.07, 6.45) is 0.259. The van der Waals surface area contributed by atoms with Crippen LogP contribution in [0, 0.1) is 0 Å². The summed E-state index contributed by atoms with van der Waals surface area (Å²) < 4.78 is 17.2. The first-order valence-corrected chi connectivity index (χ1v) is 9.81. The fraction of sp³-hybridized carbons (Fsp3) is 0.208. The van der Waals surface area contributed by atoms with Crippen molar-refractivity contribution in [3.63, 3.8) is 0 Å². The van der Waals surface area contributed by atoms with Gasteiger partial charge in [0.15, 0.2) is 11.5 Å². The Morgan fingerprint density at radius 2 is 1.73 bits per heavy atom. The van der Waals surface area contributed by atoms with Gasteiger partial charge in [-0.05, 0) is 36.4 Å². The van der Waals surface area contributed by atoms with Gasteiger partial charge in [0, 0.05) is 23.1 Å². The van der Waals surface area contributed by atoms with Crippen LogP contribution in [0.25, 0.3) is 0 Å². The van der Waals surface area contributed by atoms with Crippen LogP contribution in [0.15, 0.2) is 71.8 Å². The molecule has 6 heteroatoms. The number of hydrogen-bond acceptors (Lipinski definition) is 6. The standard InChI is InChI=1S/C24H22N2O4/c1-28-22-12-11-15(13-23(22)29-2)24-26-19(17-8-4-6-10-21(17)30-24)14-18(25-26)16-7-3-5-9-20(16)27/h3-13,19,24,27H,14H2,1-2H3/t19-,24-/m1/s1. The number of rotatable bonds is 4. The topological polar surface area (TPSA) is 63.5 Å². The number of aromatic hydroxyl groups is 1. The molecule has 6 nitrogen and oxygen atoms in total. The van der Waals surface area contributed by atoms with Crippen molar-refractivity contribution < 1.29 is 19.3 Å². The molecule has 2 heterocycles. The Kier molecular flexibility index (Phi) is 4.47. The predicted molar refractivity (Wildman–Crippen MR) is 113 cm³/mol. The molecule has 0 aromatic heterocycles. The number of benzene rings is 3. The highest BCUT2D eigenvalue weighted by atomic mass is 16.5. The highest BCUT2D eigenvalue weighted by Gasteiger charge is 2.41. The molecule has 0 saturated carbocycles. The van der Waals surface area contributed by atoms with Crippen LogP contribution in [0.3, 0.4) is 0 Å². The number of ether oxygens (including phenoxy) is 3. The zero-order valence-corrected chi connectivity index (χ0v) is 16.8. The average Bonchev–Trinajstić information content (AvgIpc) is 3.24. The second kappa shape index (κ2) is 7.30. The van der Waals surface area contributed by atoms with Crippen LogP contribution in [-0.4, -0.2) is 30.0 Å². The molecule has 0 unspecified atom stereocenters. The number of hydrogen-bond donors (Lipinski definition) is 1. The molecule has 0 bridgehead atoms. The van der Waals surface area contributed by atoms with E-state index in [1.165, 1.54) is 0 Å². The monoisotopic (exact) mass is 402 g/mol. The third kappa shape index (κ3) is 2.92. The van der Waals surface area contributed by atoms with Crippen molar-refractivity contribution in [2.24, 2.45) is 5.10 Å². The lowest BCUT2D eigenvalue weighted by Crippen LogP contribution is -2.33. The predicted octanol–water partition coefficient (Wildman–Crippen LogP) is 4.65. The number of nitrogens with zero attached hydrogens (tertiary/aromatic N) is 2. The van der Waals surface area contributed by atoms with E-state index in [1.54, 1.807) is 20.3 Å². The Labute approximate surface area is 174 Å². The molecule has 0 aliphatic carbocycles. The largest absolute Gasteiger partial charge is 0.507 e. The van der Waals surface area contributed by atoms with E-state index in [2.05, 4.69) is 6.07 Å². The summed E-state index contributed by atoms with van der Waals surface area (Å²) >= 11 is 0. The molecule has 2 aliphatic heterocycles. The van der Waals surface area contributed by atoms with Crippen LogP contribution in [0.5, 0.6) is 23.0 Å². The number of methoxy groups -OCH3 is 2. The lowest BCUT2D eigenvalue weighted by molar-refractivity contribution is -0.0191. The van der Waals surface area contributed by atoms with Crippen molar-refractivity contribution in [1.82, 2.24) is 5.01 Å². The van der Waals surface area contributed by atoms with Crippen molar-refractivity contribution in [3.8, 4) is 23.0 Å². The third-order valence-corrected chi connectivity index (χ3v) is 5.61. The normalized spacial score (nSPS) is 19.4. The molecule has 30 heavy (non-hydrogen) atoms. The molecule has 1 N–H and O–H groups in total. The first-order chi connectivity index (χ1) is 14.7. The van der Waals surface area contributed by atoms with E-state index >= 15 is 0 Å². The van der Waals surface area contributed by atoms with Crippen LogP contribution in [-0.2, 0) is 0 Å². The molecule has 0 saturated heterocycles. The molecule has 5 rings (SSSR count). The SMILES string of the molecule is COc1ccc([C@H]2Oc3ccccc3[C@H]3CC(c4ccccc4O)=NN32)cc1OC. The van der Waals surface area contributed by atoms with Gasteiger partial charge in [0.2, 0.25) is 6.23 Å². The fourth-order valence-corrected chi connectivity index (χ4v) is 4.14. The number of fused-ring (bicyclic) bond motifs is 3. The highest BCUT2D eigenvalue weighted by molar-refractivity contribution is 6.04. The van der Waals surface area contributed by atoms with Gasteiger partial charge < -0.3 is 19.3 Å². The smallest absolute Gasteiger partial charge is 0.214 e. The second-order valence-electron chi connectivity index (χ2n) is 7.29. The van der Waals surface area contributed by atoms with Crippen LogP contribution in [0.2, 0.25) is 0 Å². The molecular weight excluding hydrogens is 380 g/mol. The molecule has 3 aromatic carbocycles. The molecule has 0 radical (unpaired) electrons. The lowest BCUT2D eigenvalue weighted by Gasteiger charge is -2.38. The van der Waals surface area contributed by atoms with E-state index in [0.29, 0.717) is 17.9 Å². The molecule has 3 aromatic rings. The molecule has 152 valence electrons. The number of hydrazone groups is 1. The minimum absolute atomic E-state index is 0.0163. The van der Waals surface area contributed by atoms with Crippen molar-refractivity contribution in [2.45, 2.75) is 18.7 Å². The van der Waals surface area contributed by atoms with Crippen LogP contribution in [0.1, 0.15) is 35.4 Å². The second-order valence-corrected chi connectivity index (χ2v) is 7.29. The third-order valence-electron chi connectivity index (χ3n) is 5.61. The molecule has 2 atom stereocenters. The van der Waals surface area contributed by atoms with Gasteiger partial charge in [-0.3, -0.25) is 0 Å². The summed E-state index contributed by atoms with van der Waals surface area (Å²) in [5.74, 6) is 2.37. The van der Waals surface area contributed by atoms with E-state index in [-0.39, 0.29) is 11.8 Å². The summed E-state index contributed by atoms with van der Waals surface area (Å²) in [5, 5.41) is 17.2. The summed E-state index contributed by atoms with van der Waals surface area (Å²) in [6.45, 7) is 0. The minimum Gasteiger partial charge on any atom is -0.507 e. The van der Waals surface area contributed by atoms with Crippen LogP contribution < -0.4 is 14.2 Å². The molecular formula is C24H22N2O4. The summed E-state index contributed by atoms with van der Waals surface area (Å²) in [6, 6.07) is 21.1. The lowest BCUT2D eigenvalue weighted by atomic mass is 9.95. The first-order valence-electron chi connectivity index (χ1n) is 9.81. The fourth-order valence-electron chi connectivity index (χ4n) is 4.14. The Bertz CT molecular complexity index is 1130. The van der Waals surface area contributed by atoms with Gasteiger partial charge >= 0.3 is 0 Å². The maximum atomic E-state index is 10.3. The molecule has 0 amide bonds. The van der Waals surface area contributed by atoms with Crippen molar-refractivity contribution in [1.29, 1.82) is 0 Å². The van der Waals surface area contributed by atoms with Gasteiger partial charge in [-0.2, -0.15) is 5.10 Å². The van der Waals surface area contributed by atoms with Gasteiger partial charge in [0.25, 0.3) is 0 Å². The summed E-state index contributed by atoms with van der Waals surface area (Å²) in [4.78, 5) is 0. The zero-order valence-electron chi connectivity index (χ0n) is 16.8. The molecule has 0 spiro atoms. The van der Waals surface area contributed by atoms with Crippen molar-refractivity contribution >= 4 is 5.71 Å². The summed E-state index contributed by atoms with van der Waals surface area (Å²) in [5.41, 5.74) is 3.58. The van der Waals surface area contributed by atoms with Gasteiger partial charge in [-0.15, -0.1) is 0 Å². The number of phenols is 1. The van der Waals surface area contributed by atoms with E-state index in [9.17, 15) is 5.11 Å². The Hall–Kier alpha value is -3.67. The quantitative estimate of drug-likeness (QED) is 0.688. The minimum atomic E-state index is -0.423. The van der Waals surface area contributed by atoms with E-state index < -0.39 is 6.23 Å². The molecule has 0 fully saturated rings. The first kappa shape index (κ1) is 18.4. The zero-order chi connectivity index (χ0) is 20.7. The maximum absolute atomic E-state index is 10.3. The molecule has 2 aliphatic rings. The Balaban J connectivity index is 1.60.